The van der Waals surface area contributed by atoms with E-state index in [1.54, 1.807) is 72.8 Å². The van der Waals surface area contributed by atoms with Crippen LogP contribution in [-0.4, -0.2) is 244 Å². The molecule has 11 rings (SSSR count). The molecule has 24 atom stereocenters. The minimum atomic E-state index is -2.30. The van der Waals surface area contributed by atoms with Crippen molar-refractivity contribution in [2.45, 2.75) is 223 Å². The highest BCUT2D eigenvalue weighted by molar-refractivity contribution is 5.92. The molecule has 1 N–H and O–H groups in total. The van der Waals surface area contributed by atoms with Gasteiger partial charge < -0.3 is 109 Å². The summed E-state index contributed by atoms with van der Waals surface area (Å²) in [5.41, 5.74) is 0.114. The van der Waals surface area contributed by atoms with E-state index in [-0.39, 0.29) is 40.8 Å². The fourth-order valence-electron chi connectivity index (χ4n) is 14.1. The molecule has 35 heteroatoms. The van der Waals surface area contributed by atoms with Crippen molar-refractivity contribution >= 4 is 71.6 Å². The number of aliphatic hydroxyl groups excluding tert-OH is 1. The third-order valence-electron chi connectivity index (χ3n) is 19.5. The minimum absolute atomic E-state index is 0.0615. The Hall–Kier alpha value is -11.5. The zero-order valence-corrected chi connectivity index (χ0v) is 67.0. The van der Waals surface area contributed by atoms with Crippen molar-refractivity contribution in [1.29, 1.82) is 0 Å². The predicted molar refractivity (Wildman–Crippen MR) is 406 cm³/mol. The SMILES string of the molecule is CC(=O)OC[C@H]1O[C@H](O[C@@H]2[C@@H](O[C@@H]3[C@@H](OC(=O)c4ccccc4)[C@@H](OC(=O)c4ccccc4)[C@H](O[C@@H]4[C@@H](OC(=O)c5ccccc5)[C@H](O)O[C@H](COC(=O)c5ccccc5)[C@@H]4OC(=O)c4ccccc4)O[C@H]3C)O[C@H](COC(C)=O)[C@@H](OC(C)=O)[C@@H]2O[C@H]2O[C@H](C)[C@H](OC(C)=O)C[C@H]2OC(C)=O)[C@H](OCc2ccccc2)[C@@H](OC(C)=O)[C@H]1OC(C)=O. The molecule has 0 radical (unpaired) electrons. The summed E-state index contributed by atoms with van der Waals surface area (Å²) in [5.74, 6) is -11.9. The second-order valence-electron chi connectivity index (χ2n) is 28.5. The van der Waals surface area contributed by atoms with E-state index in [0.29, 0.717) is 5.56 Å². The van der Waals surface area contributed by atoms with Gasteiger partial charge in [0.2, 0.25) is 0 Å². The highest BCUT2D eigenvalue weighted by Gasteiger charge is 2.62. The summed E-state index contributed by atoms with van der Waals surface area (Å²) in [6.45, 7) is 7.37. The summed E-state index contributed by atoms with van der Waals surface area (Å²) in [5, 5.41) is 12.4. The van der Waals surface area contributed by atoms with Gasteiger partial charge in [-0.3, -0.25) is 33.6 Å². The topological polar surface area (TPSA) is 428 Å². The van der Waals surface area contributed by atoms with Crippen molar-refractivity contribution in [3.8, 4) is 0 Å². The Kier molecular flexibility index (Phi) is 31.8. The molecule has 5 heterocycles. The van der Waals surface area contributed by atoms with Crippen LogP contribution in [0.2, 0.25) is 0 Å². The second-order valence-corrected chi connectivity index (χ2v) is 28.5. The van der Waals surface area contributed by atoms with Crippen molar-refractivity contribution in [2.75, 3.05) is 19.8 Å². The summed E-state index contributed by atoms with van der Waals surface area (Å²) in [7, 11) is 0. The highest BCUT2D eigenvalue weighted by Crippen LogP contribution is 2.42. The molecule has 5 saturated heterocycles. The zero-order valence-electron chi connectivity index (χ0n) is 67.0. The third-order valence-corrected chi connectivity index (χ3v) is 19.5. The van der Waals surface area contributed by atoms with Crippen molar-refractivity contribution in [2.24, 2.45) is 0 Å². The Morgan fingerprint density at radius 1 is 0.289 bits per heavy atom. The van der Waals surface area contributed by atoms with Crippen LogP contribution in [0.25, 0.3) is 0 Å². The summed E-state index contributed by atoms with van der Waals surface area (Å²) < 4.78 is 140. The Bertz CT molecular complexity index is 4500. The quantitative estimate of drug-likeness (QED) is 0.0349. The van der Waals surface area contributed by atoms with Crippen LogP contribution in [0.5, 0.6) is 0 Å². The molecule has 0 unspecified atom stereocenters. The maximum atomic E-state index is 15.4. The van der Waals surface area contributed by atoms with Crippen molar-refractivity contribution < 1.29 is 167 Å². The van der Waals surface area contributed by atoms with Gasteiger partial charge >= 0.3 is 71.6 Å². The van der Waals surface area contributed by atoms with Crippen LogP contribution in [0.4, 0.5) is 0 Å². The highest BCUT2D eigenvalue weighted by atomic mass is 16.8. The van der Waals surface area contributed by atoms with Gasteiger partial charge in [0.15, 0.2) is 80.3 Å². The Morgan fingerprint density at radius 2 is 0.612 bits per heavy atom. The fraction of sp³-hybridized carbons (Fsp3) is 0.442. The van der Waals surface area contributed by atoms with Crippen LogP contribution in [0.1, 0.15) is 126 Å². The number of aliphatic hydroxyl groups is 1. The van der Waals surface area contributed by atoms with Gasteiger partial charge in [-0.2, -0.15) is 0 Å². The molecule has 0 amide bonds. The van der Waals surface area contributed by atoms with Gasteiger partial charge in [0.05, 0.1) is 46.6 Å². The number of carbonyl (C=O) groups excluding carboxylic acids is 12. The molecule has 5 aliphatic heterocycles. The monoisotopic (exact) mass is 1680 g/mol. The summed E-state index contributed by atoms with van der Waals surface area (Å²) in [4.78, 5) is 167. The number of benzene rings is 6. The Balaban J connectivity index is 1.11. The van der Waals surface area contributed by atoms with E-state index in [1.165, 1.54) is 123 Å². The molecular formula is C86H92O35. The van der Waals surface area contributed by atoms with E-state index in [1.807, 2.05) is 0 Å². The van der Waals surface area contributed by atoms with Crippen molar-refractivity contribution in [3.63, 3.8) is 0 Å². The van der Waals surface area contributed by atoms with Gasteiger partial charge in [-0.05, 0) is 80.1 Å². The molecular weight excluding hydrogens is 1590 g/mol. The molecule has 121 heavy (non-hydrogen) atoms. The largest absolute Gasteiger partial charge is 0.463 e. The minimum Gasteiger partial charge on any atom is -0.463 e. The molecule has 0 aliphatic carbocycles. The van der Waals surface area contributed by atoms with Gasteiger partial charge in [0.1, 0.15) is 74.8 Å². The molecule has 0 saturated carbocycles. The van der Waals surface area contributed by atoms with Gasteiger partial charge in [-0.15, -0.1) is 0 Å². The normalized spacial score (nSPS) is 29.4. The lowest BCUT2D eigenvalue weighted by Crippen LogP contribution is -2.69. The van der Waals surface area contributed by atoms with E-state index in [0.717, 1.165) is 48.5 Å². The first kappa shape index (κ1) is 90.3. The lowest BCUT2D eigenvalue weighted by Gasteiger charge is -2.52. The smallest absolute Gasteiger partial charge is 0.338 e. The second kappa shape index (κ2) is 42.6. The average Bonchev–Trinajstić information content (AvgIpc) is 0.741. The molecule has 0 aromatic heterocycles. The van der Waals surface area contributed by atoms with E-state index < -0.39 is 239 Å². The van der Waals surface area contributed by atoms with Gasteiger partial charge in [0, 0.05) is 54.9 Å². The van der Waals surface area contributed by atoms with Gasteiger partial charge in [-0.25, -0.2) is 24.0 Å². The molecule has 6 aromatic carbocycles. The molecule has 0 bridgehead atoms. The van der Waals surface area contributed by atoms with Crippen molar-refractivity contribution in [3.05, 3.63) is 215 Å². The van der Waals surface area contributed by atoms with Gasteiger partial charge in [-0.1, -0.05) is 121 Å². The number of hydrogen-bond acceptors (Lipinski definition) is 35. The number of rotatable bonds is 31. The number of esters is 12. The van der Waals surface area contributed by atoms with Crippen LogP contribution >= 0.6 is 0 Å². The summed E-state index contributed by atoms with van der Waals surface area (Å²) >= 11 is 0. The maximum Gasteiger partial charge on any atom is 0.338 e. The van der Waals surface area contributed by atoms with Crippen LogP contribution in [0, 0.1) is 0 Å². The number of ether oxygens (including phenoxy) is 22. The zero-order chi connectivity index (χ0) is 86.6. The van der Waals surface area contributed by atoms with Crippen molar-refractivity contribution in [1.82, 2.24) is 0 Å². The third kappa shape index (κ3) is 24.4. The first-order chi connectivity index (χ1) is 58.0. The molecule has 5 fully saturated rings. The lowest BCUT2D eigenvalue weighted by molar-refractivity contribution is -0.405. The summed E-state index contributed by atoms with van der Waals surface area (Å²) in [6, 6.07) is 45.6. The van der Waals surface area contributed by atoms with E-state index in [4.69, 9.17) is 104 Å². The van der Waals surface area contributed by atoms with Gasteiger partial charge in [0.25, 0.3) is 0 Å². The lowest BCUT2D eigenvalue weighted by atomic mass is 9.94. The Morgan fingerprint density at radius 3 is 1.07 bits per heavy atom. The first-order valence-electron chi connectivity index (χ1n) is 38.7. The maximum absolute atomic E-state index is 15.4. The predicted octanol–water partition coefficient (Wildman–Crippen LogP) is 6.70. The molecule has 646 valence electrons. The molecule has 0 spiro atoms. The average molecular weight is 1690 g/mol. The van der Waals surface area contributed by atoms with E-state index >= 15 is 9.59 Å². The first-order valence-corrected chi connectivity index (χ1v) is 38.7. The standard InChI is InChI=1S/C86H92O35/c1-45-60(106-49(5)89)40-61(107-50(6)90)83(104-45)119-72-67(109-52(8)92)64(43-101-48(4)88)113-86(76(72)121-84-74(102-41-54-28-16-10-17-29-54)71(110-53(9)93)66(108-51(7)91)63(112-84)42-100-47(3)87)118-65-46(2)105-85(75(117-81(98)59-38-26-15-27-39-59)69(65)115-79(96)57-34-22-13-23-35-57)120-70-68(114-78(95)56-32-20-12-21-33-56)62(44-103-77(94)55-30-18-11-19-31-55)111-82(99)73(70)116-80(97)58-36-24-14-25-37-58/h10-39,45-46,60-76,82-86,99H,40-44H2,1-9H3/t45-,46+,60-,61-,62-,63-,64-,65+,66+,67-,68+,69-,70+,71+,72+,73-,74-,75-,76+,82-,83-,84-,85+,86-/m1/s1. The Labute approximate surface area is 693 Å². The van der Waals surface area contributed by atoms with Crippen LogP contribution in [0.3, 0.4) is 0 Å². The van der Waals surface area contributed by atoms with E-state index in [2.05, 4.69) is 0 Å². The van der Waals surface area contributed by atoms with E-state index in [9.17, 15) is 53.1 Å². The molecule has 35 nitrogen and oxygen atoms in total. The molecule has 5 aliphatic rings. The van der Waals surface area contributed by atoms with Crippen LogP contribution < -0.4 is 0 Å². The van der Waals surface area contributed by atoms with Crippen LogP contribution in [-0.2, 0) is 144 Å². The summed E-state index contributed by atoms with van der Waals surface area (Å²) in [6.07, 6.45) is -46.1. The molecule has 6 aromatic rings. The number of hydrogen-bond donors (Lipinski definition) is 1. The fourth-order valence-corrected chi connectivity index (χ4v) is 14.1. The number of carbonyl (C=O) groups is 12. The van der Waals surface area contributed by atoms with Crippen LogP contribution in [0.15, 0.2) is 182 Å².